The lowest BCUT2D eigenvalue weighted by Gasteiger charge is -2.23. The van der Waals surface area contributed by atoms with Crippen molar-refractivity contribution in [2.45, 2.75) is 26.4 Å². The highest BCUT2D eigenvalue weighted by molar-refractivity contribution is 9.10. The van der Waals surface area contributed by atoms with Gasteiger partial charge >= 0.3 is 0 Å². The van der Waals surface area contributed by atoms with E-state index in [0.29, 0.717) is 0 Å². The van der Waals surface area contributed by atoms with Crippen LogP contribution >= 0.6 is 27.3 Å². The van der Waals surface area contributed by atoms with Crippen LogP contribution in [0.1, 0.15) is 24.5 Å². The summed E-state index contributed by atoms with van der Waals surface area (Å²) in [6.07, 6.45) is 1.16. The van der Waals surface area contributed by atoms with Gasteiger partial charge in [-0.25, -0.2) is 0 Å². The number of rotatable bonds is 7. The number of anilines is 1. The highest BCUT2D eigenvalue weighted by Gasteiger charge is 2.09. The van der Waals surface area contributed by atoms with E-state index in [1.54, 1.807) is 11.3 Å². The Bertz CT molecular complexity index is 525. The van der Waals surface area contributed by atoms with Gasteiger partial charge in [-0.3, -0.25) is 0 Å². The van der Waals surface area contributed by atoms with Crippen molar-refractivity contribution < 1.29 is 0 Å². The fourth-order valence-corrected chi connectivity index (χ4v) is 3.19. The normalized spacial score (nSPS) is 10.8. The molecule has 2 rings (SSSR count). The molecule has 0 radical (unpaired) electrons. The van der Waals surface area contributed by atoms with Gasteiger partial charge in [0.25, 0.3) is 0 Å². The maximum atomic E-state index is 3.58. The van der Waals surface area contributed by atoms with E-state index in [9.17, 15) is 0 Å². The van der Waals surface area contributed by atoms with Crippen LogP contribution in [0.2, 0.25) is 0 Å². The second kappa shape index (κ2) is 7.81. The van der Waals surface area contributed by atoms with Crippen LogP contribution in [0.25, 0.3) is 0 Å². The van der Waals surface area contributed by atoms with Crippen LogP contribution in [0.5, 0.6) is 0 Å². The zero-order chi connectivity index (χ0) is 14.4. The number of hydrogen-bond acceptors (Lipinski definition) is 3. The van der Waals surface area contributed by atoms with Crippen LogP contribution < -0.4 is 10.2 Å². The molecule has 108 valence electrons. The molecule has 0 fully saturated rings. The Hall–Kier alpha value is -0.840. The maximum Gasteiger partial charge on any atom is 0.0434 e. The lowest BCUT2D eigenvalue weighted by Crippen LogP contribution is -2.21. The van der Waals surface area contributed by atoms with Crippen LogP contribution in [0.4, 0.5) is 5.69 Å². The van der Waals surface area contributed by atoms with Gasteiger partial charge in [-0.15, -0.1) is 0 Å². The highest BCUT2D eigenvalue weighted by atomic mass is 79.9. The maximum absolute atomic E-state index is 3.58. The summed E-state index contributed by atoms with van der Waals surface area (Å²) >= 11 is 5.33. The van der Waals surface area contributed by atoms with Gasteiger partial charge in [0.1, 0.15) is 0 Å². The van der Waals surface area contributed by atoms with Crippen molar-refractivity contribution in [1.29, 1.82) is 0 Å². The summed E-state index contributed by atoms with van der Waals surface area (Å²) in [4.78, 5) is 2.32. The fraction of sp³-hybridized carbons (Fsp3) is 0.375. The molecular formula is C16H21BrN2S. The number of nitrogens with zero attached hydrogens (tertiary/aromatic N) is 1. The molecule has 0 aliphatic rings. The molecule has 1 aromatic heterocycles. The van der Waals surface area contributed by atoms with E-state index in [0.717, 1.165) is 30.5 Å². The third kappa shape index (κ3) is 4.33. The standard InChI is InChI=1S/C16H21BrN2S/c1-3-7-18-10-14-4-5-15(17)9-16(14)19(2)11-13-6-8-20-12-13/h4-6,8-9,12,18H,3,7,10-11H2,1-2H3. The van der Waals surface area contributed by atoms with E-state index >= 15 is 0 Å². The SMILES string of the molecule is CCCNCc1ccc(Br)cc1N(C)Cc1ccsc1. The lowest BCUT2D eigenvalue weighted by atomic mass is 10.1. The number of thiophene rings is 1. The molecule has 0 aliphatic heterocycles. The molecule has 0 bridgehead atoms. The summed E-state index contributed by atoms with van der Waals surface area (Å²) < 4.78 is 1.13. The molecule has 1 heterocycles. The highest BCUT2D eigenvalue weighted by Crippen LogP contribution is 2.26. The van der Waals surface area contributed by atoms with Crippen LogP contribution in [-0.2, 0) is 13.1 Å². The minimum atomic E-state index is 0.921. The Kier molecular flexibility index (Phi) is 6.07. The second-order valence-corrected chi connectivity index (χ2v) is 6.63. The Morgan fingerprint density at radius 2 is 2.15 bits per heavy atom. The predicted octanol–water partition coefficient (Wildman–Crippen LogP) is 4.65. The zero-order valence-electron chi connectivity index (χ0n) is 12.0. The van der Waals surface area contributed by atoms with Gasteiger partial charge in [0.05, 0.1) is 0 Å². The number of nitrogens with one attached hydrogen (secondary N) is 1. The molecule has 20 heavy (non-hydrogen) atoms. The molecule has 0 amide bonds. The first kappa shape index (κ1) is 15.5. The molecule has 0 atom stereocenters. The topological polar surface area (TPSA) is 15.3 Å². The van der Waals surface area contributed by atoms with Gasteiger partial charge in [0.15, 0.2) is 0 Å². The molecular weight excluding hydrogens is 332 g/mol. The van der Waals surface area contributed by atoms with Gasteiger partial charge in [0.2, 0.25) is 0 Å². The molecule has 4 heteroatoms. The summed E-state index contributed by atoms with van der Waals surface area (Å²) in [5, 5.41) is 7.83. The van der Waals surface area contributed by atoms with E-state index in [1.165, 1.54) is 16.8 Å². The molecule has 2 nitrogen and oxygen atoms in total. The summed E-state index contributed by atoms with van der Waals surface area (Å²) in [6.45, 7) is 5.12. The van der Waals surface area contributed by atoms with Crippen molar-refractivity contribution in [3.05, 3.63) is 50.6 Å². The van der Waals surface area contributed by atoms with Crippen molar-refractivity contribution in [2.24, 2.45) is 0 Å². The first-order valence-electron chi connectivity index (χ1n) is 6.92. The van der Waals surface area contributed by atoms with Crippen molar-refractivity contribution in [1.82, 2.24) is 5.32 Å². The van der Waals surface area contributed by atoms with Crippen LogP contribution in [-0.4, -0.2) is 13.6 Å². The monoisotopic (exact) mass is 352 g/mol. The van der Waals surface area contributed by atoms with E-state index in [1.807, 2.05) is 0 Å². The van der Waals surface area contributed by atoms with Crippen molar-refractivity contribution in [2.75, 3.05) is 18.5 Å². The van der Waals surface area contributed by atoms with Gasteiger partial charge in [-0.2, -0.15) is 11.3 Å². The fourth-order valence-electron chi connectivity index (χ4n) is 2.18. The quantitative estimate of drug-likeness (QED) is 0.729. The van der Waals surface area contributed by atoms with Crippen molar-refractivity contribution in [3.8, 4) is 0 Å². The molecule has 2 aromatic rings. The van der Waals surface area contributed by atoms with E-state index in [4.69, 9.17) is 0 Å². The molecule has 1 N–H and O–H groups in total. The first-order valence-corrected chi connectivity index (χ1v) is 8.65. The smallest absolute Gasteiger partial charge is 0.0434 e. The van der Waals surface area contributed by atoms with Gasteiger partial charge in [-0.1, -0.05) is 28.9 Å². The first-order chi connectivity index (χ1) is 9.70. The average Bonchev–Trinajstić information content (AvgIpc) is 2.93. The van der Waals surface area contributed by atoms with E-state index < -0.39 is 0 Å². The van der Waals surface area contributed by atoms with Gasteiger partial charge < -0.3 is 10.2 Å². The Labute approximate surface area is 133 Å². The molecule has 0 saturated heterocycles. The average molecular weight is 353 g/mol. The van der Waals surface area contributed by atoms with Crippen LogP contribution in [0.3, 0.4) is 0 Å². The summed E-state index contributed by atoms with van der Waals surface area (Å²) in [5.74, 6) is 0. The minimum absolute atomic E-state index is 0.921. The zero-order valence-corrected chi connectivity index (χ0v) is 14.4. The summed E-state index contributed by atoms with van der Waals surface area (Å²) in [5.41, 5.74) is 4.00. The van der Waals surface area contributed by atoms with Crippen molar-refractivity contribution in [3.63, 3.8) is 0 Å². The number of halogens is 1. The Balaban J connectivity index is 2.13. The summed E-state index contributed by atoms with van der Waals surface area (Å²) in [6, 6.07) is 8.71. The predicted molar refractivity (Wildman–Crippen MR) is 92.6 cm³/mol. The van der Waals surface area contributed by atoms with Crippen molar-refractivity contribution >= 4 is 33.0 Å². The van der Waals surface area contributed by atoms with Crippen LogP contribution in [0, 0.1) is 0 Å². The molecule has 1 aromatic carbocycles. The molecule has 0 spiro atoms. The number of hydrogen-bond donors (Lipinski definition) is 1. The number of benzene rings is 1. The van der Waals surface area contributed by atoms with E-state index in [2.05, 4.69) is 75.1 Å². The third-order valence-corrected chi connectivity index (χ3v) is 4.43. The molecule has 0 saturated carbocycles. The Morgan fingerprint density at radius 3 is 2.85 bits per heavy atom. The van der Waals surface area contributed by atoms with Gasteiger partial charge in [-0.05, 0) is 53.1 Å². The molecule has 0 unspecified atom stereocenters. The molecule has 0 aliphatic carbocycles. The van der Waals surface area contributed by atoms with Gasteiger partial charge in [0, 0.05) is 30.3 Å². The lowest BCUT2D eigenvalue weighted by molar-refractivity contribution is 0.673. The van der Waals surface area contributed by atoms with Crippen LogP contribution in [0.15, 0.2) is 39.5 Å². The largest absolute Gasteiger partial charge is 0.370 e. The van der Waals surface area contributed by atoms with E-state index in [-0.39, 0.29) is 0 Å². The Morgan fingerprint density at radius 1 is 1.30 bits per heavy atom. The minimum Gasteiger partial charge on any atom is -0.370 e. The third-order valence-electron chi connectivity index (χ3n) is 3.20. The summed E-state index contributed by atoms with van der Waals surface area (Å²) in [7, 11) is 2.16. The second-order valence-electron chi connectivity index (χ2n) is 4.94.